The zero-order valence-corrected chi connectivity index (χ0v) is 22.7. The van der Waals surface area contributed by atoms with E-state index in [9.17, 15) is 31.9 Å². The zero-order chi connectivity index (χ0) is 29.7. The van der Waals surface area contributed by atoms with E-state index in [1.807, 2.05) is 0 Å². The highest BCUT2D eigenvalue weighted by atomic mass is 79.9. The van der Waals surface area contributed by atoms with E-state index in [1.165, 1.54) is 12.3 Å². The van der Waals surface area contributed by atoms with Crippen LogP contribution in [0.3, 0.4) is 0 Å². The molecule has 1 aromatic carbocycles. The number of aromatic amines is 1. The molecular formula is C25H24BrF4N7O4. The Kier molecular flexibility index (Phi) is 9.10. The second-order valence-electron chi connectivity index (χ2n) is 9.17. The molecule has 2 heterocycles. The number of rotatable bonds is 8. The fraction of sp³-hybridized carbons (Fsp3) is 0.320. The molecule has 218 valence electrons. The first kappa shape index (κ1) is 29.8. The van der Waals surface area contributed by atoms with E-state index in [-0.39, 0.29) is 35.2 Å². The Balaban J connectivity index is 1.44. The molecule has 2 amide bonds. The number of aliphatic carboxylic acids is 1. The molecule has 0 spiro atoms. The van der Waals surface area contributed by atoms with Crippen LogP contribution >= 0.6 is 15.9 Å². The van der Waals surface area contributed by atoms with Gasteiger partial charge in [0.1, 0.15) is 6.17 Å². The summed E-state index contributed by atoms with van der Waals surface area (Å²) < 4.78 is 53.4. The van der Waals surface area contributed by atoms with Crippen molar-refractivity contribution in [3.05, 3.63) is 63.0 Å². The maximum Gasteiger partial charge on any atom is 0.416 e. The highest BCUT2D eigenvalue weighted by Gasteiger charge is 2.32. The van der Waals surface area contributed by atoms with Gasteiger partial charge in [-0.15, -0.1) is 0 Å². The van der Waals surface area contributed by atoms with Crippen molar-refractivity contribution < 1.29 is 37.1 Å². The number of H-pyrrole nitrogens is 1. The van der Waals surface area contributed by atoms with Gasteiger partial charge in [0.2, 0.25) is 11.8 Å². The molecule has 2 aliphatic rings. The largest absolute Gasteiger partial charge is 0.481 e. The summed E-state index contributed by atoms with van der Waals surface area (Å²) >= 11 is 3.00. The van der Waals surface area contributed by atoms with Gasteiger partial charge in [-0.05, 0) is 35.9 Å². The lowest BCUT2D eigenvalue weighted by molar-refractivity contribution is -0.138. The zero-order valence-electron chi connectivity index (χ0n) is 21.1. The molecule has 1 aromatic heterocycles. The van der Waals surface area contributed by atoms with Crippen LogP contribution in [-0.4, -0.2) is 64.9 Å². The second kappa shape index (κ2) is 12.5. The fourth-order valence-corrected chi connectivity index (χ4v) is 4.65. The summed E-state index contributed by atoms with van der Waals surface area (Å²) in [6, 6.07) is 2.92. The van der Waals surface area contributed by atoms with E-state index >= 15 is 0 Å². The van der Waals surface area contributed by atoms with Crippen LogP contribution in [0.2, 0.25) is 0 Å². The van der Waals surface area contributed by atoms with Gasteiger partial charge in [0.25, 0.3) is 0 Å². The number of nitrogens with zero attached hydrogens (tertiary/aromatic N) is 2. The van der Waals surface area contributed by atoms with Crippen LogP contribution < -0.4 is 21.3 Å². The molecule has 41 heavy (non-hydrogen) atoms. The summed E-state index contributed by atoms with van der Waals surface area (Å²) in [5, 5.41) is 26.6. The predicted molar refractivity (Wildman–Crippen MR) is 143 cm³/mol. The number of aliphatic imine (C=N–C) groups is 1. The molecule has 0 bridgehead atoms. The smallest absolute Gasteiger partial charge is 0.416 e. The van der Waals surface area contributed by atoms with Crippen molar-refractivity contribution in [3.8, 4) is 0 Å². The number of guanidine groups is 1. The van der Waals surface area contributed by atoms with Crippen LogP contribution in [0.4, 0.5) is 17.6 Å². The molecule has 0 saturated carbocycles. The van der Waals surface area contributed by atoms with E-state index < -0.39 is 54.6 Å². The molecule has 1 aliphatic carbocycles. The summed E-state index contributed by atoms with van der Waals surface area (Å²) in [5.41, 5.74) is 0.462. The maximum absolute atomic E-state index is 13.4. The third-order valence-corrected chi connectivity index (χ3v) is 6.52. The van der Waals surface area contributed by atoms with E-state index in [2.05, 4.69) is 52.4 Å². The Morgan fingerprint density at radius 2 is 2.00 bits per heavy atom. The number of halogens is 5. The Morgan fingerprint density at radius 1 is 1.22 bits per heavy atom. The van der Waals surface area contributed by atoms with Gasteiger partial charge in [0.15, 0.2) is 5.96 Å². The number of carboxylic acid groups (broad SMARTS) is 1. The van der Waals surface area contributed by atoms with Crippen molar-refractivity contribution in [3.63, 3.8) is 0 Å². The summed E-state index contributed by atoms with van der Waals surface area (Å²) in [6.07, 6.45) is -1.89. The Bertz CT molecular complexity index is 1440. The van der Waals surface area contributed by atoms with Gasteiger partial charge in [0, 0.05) is 27.9 Å². The second-order valence-corrected chi connectivity index (χ2v) is 10.1. The molecule has 2 unspecified atom stereocenters. The quantitative estimate of drug-likeness (QED) is 0.242. The van der Waals surface area contributed by atoms with Crippen molar-refractivity contribution in [2.24, 2.45) is 4.99 Å². The topological polar surface area (TPSA) is 161 Å². The summed E-state index contributed by atoms with van der Waals surface area (Å²) in [7, 11) is 0. The standard InChI is InChI=1S/C25H24BrF4N7O4/c26-14-4-12(3-13(5-14)25(28,29)30)19(1-2-22(39)40)36-21(38)11-31-23(41)17-6-16(7-20-18(17)10-34-37-20)35-24-32-8-15(27)9-33-24/h1,3-5,7,10,15,17H,2,6,8-9,11H2,(H,31,41)(H,34,37)(H,36,38)(H,39,40)(H2,32,33,35). The average Bonchev–Trinajstić information content (AvgIpc) is 3.38. The number of carboxylic acids is 1. The van der Waals surface area contributed by atoms with Gasteiger partial charge >= 0.3 is 12.1 Å². The minimum Gasteiger partial charge on any atom is -0.481 e. The van der Waals surface area contributed by atoms with Crippen LogP contribution in [0.15, 0.2) is 45.6 Å². The van der Waals surface area contributed by atoms with Crippen molar-refractivity contribution in [2.45, 2.75) is 31.1 Å². The number of hydrogen-bond donors (Lipinski definition) is 6. The lowest BCUT2D eigenvalue weighted by atomic mass is 9.89. The minimum atomic E-state index is -4.68. The third kappa shape index (κ3) is 7.93. The number of carbonyl (C=O) groups excluding carboxylic acids is 2. The molecule has 1 aliphatic heterocycles. The normalized spacial score (nSPS) is 18.8. The molecule has 0 radical (unpaired) electrons. The first-order valence-corrected chi connectivity index (χ1v) is 13.0. The molecule has 2 atom stereocenters. The molecule has 4 rings (SSSR count). The van der Waals surface area contributed by atoms with Crippen LogP contribution in [0.25, 0.3) is 11.8 Å². The SMILES string of the molecule is O=C(O)CC=C(NC(=O)CNC(=O)C1CC(NC2=NCC(F)CN2)=Cc2[nH]ncc21)c1cc(Br)cc(C(F)(F)F)c1. The Morgan fingerprint density at radius 3 is 2.68 bits per heavy atom. The van der Waals surface area contributed by atoms with Gasteiger partial charge in [-0.1, -0.05) is 15.9 Å². The molecule has 2 aromatic rings. The highest BCUT2D eigenvalue weighted by molar-refractivity contribution is 9.10. The van der Waals surface area contributed by atoms with Gasteiger partial charge in [-0.3, -0.25) is 19.5 Å². The van der Waals surface area contributed by atoms with Crippen molar-refractivity contribution >= 4 is 51.4 Å². The maximum atomic E-state index is 13.4. The molecule has 6 N–H and O–H groups in total. The Hall–Kier alpha value is -4.21. The van der Waals surface area contributed by atoms with Crippen molar-refractivity contribution in [2.75, 3.05) is 19.6 Å². The number of amides is 2. The van der Waals surface area contributed by atoms with Crippen molar-refractivity contribution in [1.82, 2.24) is 31.5 Å². The number of benzene rings is 1. The van der Waals surface area contributed by atoms with Gasteiger partial charge in [0.05, 0.1) is 49.4 Å². The van der Waals surface area contributed by atoms with Gasteiger partial charge in [-0.2, -0.15) is 18.3 Å². The first-order chi connectivity index (χ1) is 19.4. The van der Waals surface area contributed by atoms with Crippen LogP contribution in [0.5, 0.6) is 0 Å². The number of nitrogens with one attached hydrogen (secondary N) is 5. The number of hydrogen-bond acceptors (Lipinski definition) is 7. The number of carbonyl (C=O) groups is 3. The van der Waals surface area contributed by atoms with Crippen LogP contribution in [-0.2, 0) is 20.6 Å². The molecular weight excluding hydrogens is 618 g/mol. The summed E-state index contributed by atoms with van der Waals surface area (Å²) in [6.45, 7) is -0.462. The average molecular weight is 642 g/mol. The highest BCUT2D eigenvalue weighted by Crippen LogP contribution is 2.34. The first-order valence-electron chi connectivity index (χ1n) is 12.2. The van der Waals surface area contributed by atoms with Crippen molar-refractivity contribution in [1.29, 1.82) is 0 Å². The van der Waals surface area contributed by atoms with E-state index in [1.54, 1.807) is 6.08 Å². The lowest BCUT2D eigenvalue weighted by Crippen LogP contribution is -2.45. The minimum absolute atomic E-state index is 0.00268. The molecule has 11 nitrogen and oxygen atoms in total. The monoisotopic (exact) mass is 641 g/mol. The number of allylic oxidation sites excluding steroid dienone is 1. The predicted octanol–water partition coefficient (Wildman–Crippen LogP) is 2.65. The Labute approximate surface area is 238 Å². The van der Waals surface area contributed by atoms with Crippen LogP contribution in [0.1, 0.15) is 41.1 Å². The van der Waals surface area contributed by atoms with Gasteiger partial charge < -0.3 is 26.4 Å². The molecule has 16 heteroatoms. The van der Waals surface area contributed by atoms with Crippen LogP contribution in [0, 0.1) is 0 Å². The number of fused-ring (bicyclic) bond motifs is 1. The molecule has 0 saturated heterocycles. The lowest BCUT2D eigenvalue weighted by Gasteiger charge is -2.25. The number of aromatic nitrogens is 2. The number of alkyl halides is 4. The third-order valence-electron chi connectivity index (χ3n) is 6.07. The van der Waals surface area contributed by atoms with E-state index in [0.717, 1.165) is 18.2 Å². The van der Waals surface area contributed by atoms with Gasteiger partial charge in [-0.25, -0.2) is 9.38 Å². The fourth-order valence-electron chi connectivity index (χ4n) is 4.16. The van der Waals surface area contributed by atoms with E-state index in [4.69, 9.17) is 5.11 Å². The molecule has 0 fully saturated rings. The summed E-state index contributed by atoms with van der Waals surface area (Å²) in [4.78, 5) is 41.0. The summed E-state index contributed by atoms with van der Waals surface area (Å²) in [5.74, 6) is -2.99. The van der Waals surface area contributed by atoms with E-state index in [0.29, 0.717) is 22.9 Å².